The number of rotatable bonds is 3. The van der Waals surface area contributed by atoms with Gasteiger partial charge in [-0.1, -0.05) is 23.7 Å². The molecule has 0 N–H and O–H groups in total. The van der Waals surface area contributed by atoms with E-state index in [1.165, 1.54) is 0 Å². The third-order valence-electron chi connectivity index (χ3n) is 2.00. The molecule has 2 aromatic rings. The second-order valence-electron chi connectivity index (χ2n) is 3.04. The maximum Gasteiger partial charge on any atom is 0.196 e. The number of aromatic nitrogens is 1. The van der Waals surface area contributed by atoms with E-state index < -0.39 is 0 Å². The van der Waals surface area contributed by atoms with Crippen molar-refractivity contribution in [3.63, 3.8) is 0 Å². The first kappa shape index (κ1) is 10.5. The van der Waals surface area contributed by atoms with Crippen LogP contribution in [0.5, 0.6) is 0 Å². The van der Waals surface area contributed by atoms with Crippen LogP contribution in [0.2, 0.25) is 5.02 Å². The molecule has 0 fully saturated rings. The minimum Gasteiger partial charge on any atom is -0.441 e. The van der Waals surface area contributed by atoms with Crippen molar-refractivity contribution in [2.75, 3.05) is 5.88 Å². The zero-order valence-corrected chi connectivity index (χ0v) is 9.42. The summed E-state index contributed by atoms with van der Waals surface area (Å²) < 4.78 is 5.51. The molecule has 2 rings (SSSR count). The van der Waals surface area contributed by atoms with E-state index >= 15 is 0 Å². The first-order valence-corrected chi connectivity index (χ1v) is 5.48. The van der Waals surface area contributed by atoms with Crippen molar-refractivity contribution in [3.05, 3.63) is 41.4 Å². The number of benzene rings is 1. The van der Waals surface area contributed by atoms with Crippen LogP contribution in [0.3, 0.4) is 0 Å². The zero-order chi connectivity index (χ0) is 10.7. The van der Waals surface area contributed by atoms with Crippen LogP contribution >= 0.6 is 23.2 Å². The molecule has 0 atom stereocenters. The van der Waals surface area contributed by atoms with Gasteiger partial charge in [-0.25, -0.2) is 4.98 Å². The highest BCUT2D eigenvalue weighted by Crippen LogP contribution is 2.27. The fourth-order valence-electron chi connectivity index (χ4n) is 1.29. The first-order chi connectivity index (χ1) is 7.31. The van der Waals surface area contributed by atoms with Crippen molar-refractivity contribution in [2.24, 2.45) is 0 Å². The summed E-state index contributed by atoms with van der Waals surface area (Å²) in [6.07, 6.45) is 2.30. The second-order valence-corrected chi connectivity index (χ2v) is 3.82. The van der Waals surface area contributed by atoms with Gasteiger partial charge in [0.15, 0.2) is 11.7 Å². The van der Waals surface area contributed by atoms with Gasteiger partial charge < -0.3 is 4.42 Å². The lowest BCUT2D eigenvalue weighted by Gasteiger charge is -1.98. The van der Waals surface area contributed by atoms with Crippen LogP contribution < -0.4 is 0 Å². The van der Waals surface area contributed by atoms with Crippen LogP contribution in [0.1, 0.15) is 5.89 Å². The fraction of sp³-hybridized carbons (Fsp3) is 0.182. The molecule has 15 heavy (non-hydrogen) atoms. The Morgan fingerprint density at radius 1 is 1.27 bits per heavy atom. The summed E-state index contributed by atoms with van der Waals surface area (Å²) in [5.74, 6) is 1.82. The predicted octanol–water partition coefficient (Wildman–Crippen LogP) is 3.78. The highest BCUT2D eigenvalue weighted by molar-refractivity contribution is 6.33. The molecule has 0 bridgehead atoms. The van der Waals surface area contributed by atoms with Crippen LogP contribution in [-0.2, 0) is 6.42 Å². The Hall–Kier alpha value is -0.990. The summed E-state index contributed by atoms with van der Waals surface area (Å²) in [6.45, 7) is 0. The molecule has 0 saturated carbocycles. The van der Waals surface area contributed by atoms with Crippen molar-refractivity contribution in [1.82, 2.24) is 4.98 Å². The molecular formula is C11H9Cl2NO. The Labute approximate surface area is 97.8 Å². The van der Waals surface area contributed by atoms with Gasteiger partial charge in [0, 0.05) is 17.9 Å². The molecule has 4 heteroatoms. The van der Waals surface area contributed by atoms with E-state index in [1.54, 1.807) is 6.20 Å². The Morgan fingerprint density at radius 3 is 2.80 bits per heavy atom. The largest absolute Gasteiger partial charge is 0.441 e. The van der Waals surface area contributed by atoms with E-state index in [0.717, 1.165) is 5.56 Å². The van der Waals surface area contributed by atoms with E-state index in [4.69, 9.17) is 27.6 Å². The Balaban J connectivity index is 2.33. The molecule has 0 radical (unpaired) electrons. The minimum absolute atomic E-state index is 0.502. The topological polar surface area (TPSA) is 26.0 Å². The first-order valence-electron chi connectivity index (χ1n) is 4.57. The standard InChI is InChI=1S/C11H9Cl2NO/c12-6-5-11-14-7-10(15-11)8-3-1-2-4-9(8)13/h1-4,7H,5-6H2. The number of alkyl halides is 1. The molecule has 1 aromatic carbocycles. The quantitative estimate of drug-likeness (QED) is 0.765. The smallest absolute Gasteiger partial charge is 0.196 e. The third kappa shape index (κ3) is 2.33. The van der Waals surface area contributed by atoms with E-state index in [2.05, 4.69) is 4.98 Å². The molecule has 0 aliphatic heterocycles. The van der Waals surface area contributed by atoms with Crippen LogP contribution in [-0.4, -0.2) is 10.9 Å². The number of oxazole rings is 1. The van der Waals surface area contributed by atoms with Gasteiger partial charge in [0.05, 0.1) is 11.2 Å². The molecule has 1 aromatic heterocycles. The molecular weight excluding hydrogens is 233 g/mol. The average molecular weight is 242 g/mol. The van der Waals surface area contributed by atoms with E-state index in [-0.39, 0.29) is 0 Å². The van der Waals surface area contributed by atoms with E-state index in [9.17, 15) is 0 Å². The minimum atomic E-state index is 0.502. The summed E-state index contributed by atoms with van der Waals surface area (Å²) in [5.41, 5.74) is 0.854. The lowest BCUT2D eigenvalue weighted by Crippen LogP contribution is -1.83. The molecule has 0 aliphatic carbocycles. The average Bonchev–Trinajstić information content (AvgIpc) is 2.68. The maximum absolute atomic E-state index is 6.03. The number of halogens is 2. The normalized spacial score (nSPS) is 10.5. The molecule has 0 amide bonds. The summed E-state index contributed by atoms with van der Waals surface area (Å²) in [4.78, 5) is 4.11. The van der Waals surface area contributed by atoms with Gasteiger partial charge in [-0.3, -0.25) is 0 Å². The second kappa shape index (κ2) is 4.69. The summed E-state index contributed by atoms with van der Waals surface area (Å²) in [5, 5.41) is 0.658. The highest BCUT2D eigenvalue weighted by Gasteiger charge is 2.08. The van der Waals surface area contributed by atoms with Gasteiger partial charge in [0.25, 0.3) is 0 Å². The predicted molar refractivity (Wildman–Crippen MR) is 61.4 cm³/mol. The Kier molecular flexibility index (Phi) is 3.29. The number of aryl methyl sites for hydroxylation is 1. The van der Waals surface area contributed by atoms with E-state index in [0.29, 0.717) is 29.0 Å². The number of nitrogens with zero attached hydrogens (tertiary/aromatic N) is 1. The lowest BCUT2D eigenvalue weighted by atomic mass is 10.2. The molecule has 0 saturated heterocycles. The maximum atomic E-state index is 6.03. The molecule has 1 heterocycles. The summed E-state index contributed by atoms with van der Waals surface area (Å²) in [6, 6.07) is 7.50. The molecule has 0 aliphatic rings. The molecule has 2 nitrogen and oxygen atoms in total. The Bertz CT molecular complexity index is 453. The van der Waals surface area contributed by atoms with Gasteiger partial charge in [0.2, 0.25) is 0 Å². The summed E-state index contributed by atoms with van der Waals surface area (Å²) in [7, 11) is 0. The van der Waals surface area contributed by atoms with Crippen molar-refractivity contribution >= 4 is 23.2 Å². The number of hydrogen-bond acceptors (Lipinski definition) is 2. The van der Waals surface area contributed by atoms with Crippen LogP contribution in [0.15, 0.2) is 34.9 Å². The summed E-state index contributed by atoms with van der Waals surface area (Å²) >= 11 is 11.6. The van der Waals surface area contributed by atoms with Crippen LogP contribution in [0.4, 0.5) is 0 Å². The van der Waals surface area contributed by atoms with E-state index in [1.807, 2.05) is 24.3 Å². The fourth-order valence-corrected chi connectivity index (χ4v) is 1.68. The zero-order valence-electron chi connectivity index (χ0n) is 7.91. The van der Waals surface area contributed by atoms with Crippen molar-refractivity contribution in [3.8, 4) is 11.3 Å². The molecule has 78 valence electrons. The SMILES string of the molecule is ClCCc1ncc(-c2ccccc2Cl)o1. The van der Waals surface area contributed by atoms with Gasteiger partial charge in [-0.15, -0.1) is 11.6 Å². The van der Waals surface area contributed by atoms with Gasteiger partial charge in [0.1, 0.15) is 0 Å². The third-order valence-corrected chi connectivity index (χ3v) is 2.52. The highest BCUT2D eigenvalue weighted by atomic mass is 35.5. The van der Waals surface area contributed by atoms with Crippen molar-refractivity contribution < 1.29 is 4.42 Å². The van der Waals surface area contributed by atoms with Gasteiger partial charge >= 0.3 is 0 Å². The van der Waals surface area contributed by atoms with Gasteiger partial charge in [-0.05, 0) is 12.1 Å². The number of hydrogen-bond donors (Lipinski definition) is 0. The van der Waals surface area contributed by atoms with Crippen molar-refractivity contribution in [1.29, 1.82) is 0 Å². The van der Waals surface area contributed by atoms with Crippen LogP contribution in [0.25, 0.3) is 11.3 Å². The van der Waals surface area contributed by atoms with Crippen LogP contribution in [0, 0.1) is 0 Å². The molecule has 0 unspecified atom stereocenters. The Morgan fingerprint density at radius 2 is 2.07 bits per heavy atom. The molecule has 0 spiro atoms. The van der Waals surface area contributed by atoms with Crippen molar-refractivity contribution in [2.45, 2.75) is 6.42 Å². The van der Waals surface area contributed by atoms with Gasteiger partial charge in [-0.2, -0.15) is 0 Å². The lowest BCUT2D eigenvalue weighted by molar-refractivity contribution is 0.515. The monoisotopic (exact) mass is 241 g/mol.